The van der Waals surface area contributed by atoms with E-state index in [9.17, 15) is 9.18 Å². The molecular formula is C18H20FNO2. The molecule has 2 rings (SSSR count). The Morgan fingerprint density at radius 3 is 2.68 bits per heavy atom. The Kier molecular flexibility index (Phi) is 5.67. The van der Waals surface area contributed by atoms with Crippen LogP contribution in [0, 0.1) is 12.7 Å². The van der Waals surface area contributed by atoms with Gasteiger partial charge in [-0.25, -0.2) is 4.39 Å². The molecule has 0 radical (unpaired) electrons. The van der Waals surface area contributed by atoms with Crippen LogP contribution in [0.25, 0.3) is 0 Å². The normalized spacial score (nSPS) is 12.0. The van der Waals surface area contributed by atoms with Gasteiger partial charge in [0.25, 0.3) is 0 Å². The van der Waals surface area contributed by atoms with Gasteiger partial charge in [-0.2, -0.15) is 0 Å². The molecule has 116 valence electrons. The number of halogens is 1. The lowest BCUT2D eigenvalue weighted by Crippen LogP contribution is -2.30. The summed E-state index contributed by atoms with van der Waals surface area (Å²) < 4.78 is 18.6. The van der Waals surface area contributed by atoms with Crippen molar-refractivity contribution in [1.29, 1.82) is 0 Å². The number of carbonyl (C=O) groups excluding carboxylic acids is 1. The number of hydrogen-bond acceptors (Lipinski definition) is 2. The number of ether oxygens (including phenoxy) is 1. The molecule has 0 heterocycles. The summed E-state index contributed by atoms with van der Waals surface area (Å²) in [5.41, 5.74) is 2.80. The van der Waals surface area contributed by atoms with E-state index in [1.54, 1.807) is 19.2 Å². The van der Waals surface area contributed by atoms with Crippen LogP contribution in [0.4, 0.5) is 4.39 Å². The van der Waals surface area contributed by atoms with Crippen molar-refractivity contribution in [1.82, 2.24) is 5.32 Å². The lowest BCUT2D eigenvalue weighted by molar-refractivity contribution is -0.121. The summed E-state index contributed by atoms with van der Waals surface area (Å²) in [6.45, 7) is 2.30. The van der Waals surface area contributed by atoms with Gasteiger partial charge in [-0.1, -0.05) is 42.0 Å². The Morgan fingerprint density at radius 1 is 1.23 bits per heavy atom. The van der Waals surface area contributed by atoms with E-state index in [0.717, 1.165) is 11.1 Å². The SMILES string of the molecule is COC(CNC(=O)Cc1cccc(C)c1)c1cccc(F)c1. The molecule has 2 aromatic carbocycles. The molecular weight excluding hydrogens is 281 g/mol. The van der Waals surface area contributed by atoms with Crippen LogP contribution in [-0.2, 0) is 16.0 Å². The highest BCUT2D eigenvalue weighted by Gasteiger charge is 2.13. The third-order valence-corrected chi connectivity index (χ3v) is 3.44. The van der Waals surface area contributed by atoms with Crippen molar-refractivity contribution in [2.24, 2.45) is 0 Å². The maximum atomic E-state index is 13.2. The molecule has 2 aromatic rings. The molecule has 4 heteroatoms. The van der Waals surface area contributed by atoms with E-state index in [1.165, 1.54) is 12.1 Å². The van der Waals surface area contributed by atoms with E-state index in [4.69, 9.17) is 4.74 Å². The monoisotopic (exact) mass is 301 g/mol. The minimum Gasteiger partial charge on any atom is -0.375 e. The quantitative estimate of drug-likeness (QED) is 0.890. The van der Waals surface area contributed by atoms with Crippen LogP contribution in [0.3, 0.4) is 0 Å². The molecule has 0 spiro atoms. The number of carbonyl (C=O) groups is 1. The van der Waals surface area contributed by atoms with Crippen molar-refractivity contribution in [2.75, 3.05) is 13.7 Å². The van der Waals surface area contributed by atoms with Gasteiger partial charge in [0.2, 0.25) is 5.91 Å². The van der Waals surface area contributed by atoms with E-state index < -0.39 is 0 Å². The second kappa shape index (κ2) is 7.71. The fourth-order valence-electron chi connectivity index (χ4n) is 2.32. The Balaban J connectivity index is 1.91. The van der Waals surface area contributed by atoms with Gasteiger partial charge in [0.05, 0.1) is 12.5 Å². The Labute approximate surface area is 130 Å². The van der Waals surface area contributed by atoms with Crippen LogP contribution in [-0.4, -0.2) is 19.6 Å². The fraction of sp³-hybridized carbons (Fsp3) is 0.278. The first-order valence-corrected chi connectivity index (χ1v) is 7.19. The Morgan fingerprint density at radius 2 is 2.00 bits per heavy atom. The van der Waals surface area contributed by atoms with Crippen molar-refractivity contribution < 1.29 is 13.9 Å². The molecule has 0 saturated heterocycles. The maximum absolute atomic E-state index is 13.2. The molecule has 0 fully saturated rings. The molecule has 1 N–H and O–H groups in total. The largest absolute Gasteiger partial charge is 0.375 e. The fourth-order valence-corrected chi connectivity index (χ4v) is 2.32. The molecule has 0 aromatic heterocycles. The van der Waals surface area contributed by atoms with Crippen molar-refractivity contribution in [3.8, 4) is 0 Å². The first-order chi connectivity index (χ1) is 10.6. The standard InChI is InChI=1S/C18H20FNO2/c1-13-5-3-6-14(9-13)10-18(21)20-12-17(22-2)15-7-4-8-16(19)11-15/h3-9,11,17H,10,12H2,1-2H3,(H,20,21). The smallest absolute Gasteiger partial charge is 0.224 e. The number of amides is 1. The van der Waals surface area contributed by atoms with Crippen LogP contribution >= 0.6 is 0 Å². The molecule has 0 saturated carbocycles. The summed E-state index contributed by atoms with van der Waals surface area (Å²) in [6, 6.07) is 14.0. The van der Waals surface area contributed by atoms with Crippen LogP contribution < -0.4 is 5.32 Å². The van der Waals surface area contributed by atoms with E-state index in [0.29, 0.717) is 18.5 Å². The summed E-state index contributed by atoms with van der Waals surface area (Å²) in [5, 5.41) is 2.83. The van der Waals surface area contributed by atoms with Gasteiger partial charge in [0.15, 0.2) is 0 Å². The van der Waals surface area contributed by atoms with Crippen LogP contribution in [0.1, 0.15) is 22.8 Å². The topological polar surface area (TPSA) is 38.3 Å². The lowest BCUT2D eigenvalue weighted by atomic mass is 10.1. The second-order valence-corrected chi connectivity index (χ2v) is 5.25. The van der Waals surface area contributed by atoms with Crippen LogP contribution in [0.5, 0.6) is 0 Å². The van der Waals surface area contributed by atoms with Crippen molar-refractivity contribution >= 4 is 5.91 Å². The lowest BCUT2D eigenvalue weighted by Gasteiger charge is -2.16. The number of benzene rings is 2. The summed E-state index contributed by atoms with van der Waals surface area (Å²) in [5.74, 6) is -0.394. The number of methoxy groups -OCH3 is 1. The van der Waals surface area contributed by atoms with E-state index in [1.807, 2.05) is 31.2 Å². The number of aryl methyl sites for hydroxylation is 1. The average Bonchev–Trinajstić information content (AvgIpc) is 2.48. The molecule has 0 bridgehead atoms. The number of nitrogens with one attached hydrogen (secondary N) is 1. The Bertz CT molecular complexity index is 642. The summed E-state index contributed by atoms with van der Waals surface area (Å²) in [6.07, 6.45) is -0.0430. The molecule has 3 nitrogen and oxygen atoms in total. The molecule has 1 amide bonds. The minimum absolute atomic E-state index is 0.0796. The van der Waals surface area contributed by atoms with Crippen LogP contribution in [0.2, 0.25) is 0 Å². The predicted octanol–water partition coefficient (Wildman–Crippen LogP) is 3.18. The van der Waals surface area contributed by atoms with Crippen molar-refractivity contribution in [3.05, 3.63) is 71.0 Å². The van der Waals surface area contributed by atoms with Crippen molar-refractivity contribution in [2.45, 2.75) is 19.4 Å². The zero-order chi connectivity index (χ0) is 15.9. The molecule has 0 aliphatic carbocycles. The molecule has 22 heavy (non-hydrogen) atoms. The van der Waals surface area contributed by atoms with Gasteiger partial charge in [-0.3, -0.25) is 4.79 Å². The van der Waals surface area contributed by atoms with Gasteiger partial charge in [0.1, 0.15) is 5.82 Å². The zero-order valence-electron chi connectivity index (χ0n) is 12.8. The zero-order valence-corrected chi connectivity index (χ0v) is 12.8. The van der Waals surface area contributed by atoms with Crippen molar-refractivity contribution in [3.63, 3.8) is 0 Å². The van der Waals surface area contributed by atoms with Gasteiger partial charge in [-0.15, -0.1) is 0 Å². The highest BCUT2D eigenvalue weighted by Crippen LogP contribution is 2.16. The van der Waals surface area contributed by atoms with E-state index in [-0.39, 0.29) is 17.8 Å². The molecule has 0 aliphatic heterocycles. The maximum Gasteiger partial charge on any atom is 0.224 e. The summed E-state index contributed by atoms with van der Waals surface area (Å²) in [7, 11) is 1.54. The second-order valence-electron chi connectivity index (χ2n) is 5.25. The predicted molar refractivity (Wildman–Crippen MR) is 84.0 cm³/mol. The number of hydrogen-bond donors (Lipinski definition) is 1. The highest BCUT2D eigenvalue weighted by molar-refractivity contribution is 5.78. The average molecular weight is 301 g/mol. The minimum atomic E-state index is -0.364. The highest BCUT2D eigenvalue weighted by atomic mass is 19.1. The van der Waals surface area contributed by atoms with E-state index in [2.05, 4.69) is 5.32 Å². The molecule has 1 unspecified atom stereocenters. The Hall–Kier alpha value is -2.20. The van der Waals surface area contributed by atoms with Gasteiger partial charge in [0, 0.05) is 13.7 Å². The van der Waals surface area contributed by atoms with E-state index >= 15 is 0 Å². The van der Waals surface area contributed by atoms with Gasteiger partial charge in [-0.05, 0) is 30.2 Å². The van der Waals surface area contributed by atoms with Crippen LogP contribution in [0.15, 0.2) is 48.5 Å². The summed E-state index contributed by atoms with van der Waals surface area (Å²) >= 11 is 0. The third-order valence-electron chi connectivity index (χ3n) is 3.44. The van der Waals surface area contributed by atoms with Gasteiger partial charge >= 0.3 is 0 Å². The first-order valence-electron chi connectivity index (χ1n) is 7.19. The molecule has 1 atom stereocenters. The summed E-state index contributed by atoms with van der Waals surface area (Å²) in [4.78, 5) is 12.0. The molecule has 0 aliphatic rings. The van der Waals surface area contributed by atoms with Gasteiger partial charge < -0.3 is 10.1 Å². The third kappa shape index (κ3) is 4.67. The number of rotatable bonds is 6. The first kappa shape index (κ1) is 16.2.